The Morgan fingerprint density at radius 1 is 1.14 bits per heavy atom. The molecule has 2 aromatic carbocycles. The second-order valence-corrected chi connectivity index (χ2v) is 6.51. The number of aryl methyl sites for hydroxylation is 1. The number of nitro groups is 1. The molecule has 2 amide bonds. The summed E-state index contributed by atoms with van der Waals surface area (Å²) in [4.78, 5) is 31.3. The quantitative estimate of drug-likeness (QED) is 0.388. The normalized spacial score (nSPS) is 10.5. The number of urea groups is 1. The Kier molecular flexibility index (Phi) is 5.55. The maximum absolute atomic E-state index is 11.4. The lowest BCUT2D eigenvalue weighted by atomic mass is 10.0. The number of non-ortho nitro benzene ring substituents is 1. The first-order valence-electron chi connectivity index (χ1n) is 8.30. The molecule has 0 fully saturated rings. The molecule has 0 saturated carbocycles. The van der Waals surface area contributed by atoms with Crippen LogP contribution in [0.15, 0.2) is 54.6 Å². The number of hydrogen-bond acceptors (Lipinski definition) is 6. The molecular formula is C19H17N5O3S. The number of aromatic nitrogens is 2. The Labute approximate surface area is 166 Å². The molecule has 1 heterocycles. The Balaban J connectivity index is 2.21. The third-order valence-corrected chi connectivity index (χ3v) is 4.48. The van der Waals surface area contributed by atoms with E-state index in [1.54, 1.807) is 19.1 Å². The summed E-state index contributed by atoms with van der Waals surface area (Å²) >= 11 is 4.09. The lowest BCUT2D eigenvalue weighted by molar-refractivity contribution is -0.384. The number of primary amides is 1. The molecule has 0 spiro atoms. The smallest absolute Gasteiger partial charge is 0.324 e. The van der Waals surface area contributed by atoms with Crippen LogP contribution < -0.4 is 5.73 Å². The van der Waals surface area contributed by atoms with Gasteiger partial charge in [0, 0.05) is 34.5 Å². The third-order valence-electron chi connectivity index (χ3n) is 4.14. The largest absolute Gasteiger partial charge is 0.351 e. The highest BCUT2D eigenvalue weighted by Gasteiger charge is 2.19. The first-order valence-corrected chi connectivity index (χ1v) is 8.70. The van der Waals surface area contributed by atoms with Crippen molar-refractivity contribution in [3.63, 3.8) is 0 Å². The summed E-state index contributed by atoms with van der Waals surface area (Å²) in [6.07, 6.45) is 0. The highest BCUT2D eigenvalue weighted by Crippen LogP contribution is 2.30. The molecule has 0 saturated heterocycles. The molecule has 0 bridgehead atoms. The van der Waals surface area contributed by atoms with Gasteiger partial charge in [-0.05, 0) is 6.92 Å². The minimum absolute atomic E-state index is 0.0529. The predicted molar refractivity (Wildman–Crippen MR) is 108 cm³/mol. The first kappa shape index (κ1) is 19.3. The molecule has 0 unspecified atom stereocenters. The van der Waals surface area contributed by atoms with Gasteiger partial charge in [0.15, 0.2) is 5.82 Å². The van der Waals surface area contributed by atoms with E-state index in [4.69, 9.17) is 5.73 Å². The molecule has 142 valence electrons. The summed E-state index contributed by atoms with van der Waals surface area (Å²) < 4.78 is 1.04. The van der Waals surface area contributed by atoms with Crippen LogP contribution in [-0.2, 0) is 6.54 Å². The van der Waals surface area contributed by atoms with Gasteiger partial charge in [-0.15, -0.1) is 0 Å². The van der Waals surface area contributed by atoms with Crippen molar-refractivity contribution in [2.24, 2.45) is 5.73 Å². The standard InChI is InChI=1S/C19H17N5O3S/c1-12-16(11-23(28)19(20)25)17(14-8-5-9-15(10-14)24(26)27)22-18(21-12)13-6-3-2-4-7-13/h2-10,28H,11H2,1H3,(H2,20,25). The molecule has 9 heteroatoms. The molecule has 28 heavy (non-hydrogen) atoms. The van der Waals surface area contributed by atoms with E-state index in [-0.39, 0.29) is 12.2 Å². The summed E-state index contributed by atoms with van der Waals surface area (Å²) in [6, 6.07) is 14.8. The Morgan fingerprint density at radius 3 is 2.46 bits per heavy atom. The molecule has 3 aromatic rings. The maximum atomic E-state index is 11.4. The average Bonchev–Trinajstić information content (AvgIpc) is 2.69. The minimum atomic E-state index is -0.722. The lowest BCUT2D eigenvalue weighted by Crippen LogP contribution is -2.28. The molecule has 0 atom stereocenters. The number of nitrogens with two attached hydrogens (primary N) is 1. The number of benzene rings is 2. The number of nitro benzene ring substituents is 1. The van der Waals surface area contributed by atoms with Crippen LogP contribution in [0.3, 0.4) is 0 Å². The van der Waals surface area contributed by atoms with Crippen molar-refractivity contribution in [3.8, 4) is 22.6 Å². The van der Waals surface area contributed by atoms with Gasteiger partial charge < -0.3 is 5.73 Å². The third kappa shape index (κ3) is 4.09. The van der Waals surface area contributed by atoms with E-state index >= 15 is 0 Å². The summed E-state index contributed by atoms with van der Waals surface area (Å²) in [5.74, 6) is 0.480. The summed E-state index contributed by atoms with van der Waals surface area (Å²) in [5, 5.41) is 11.2. The van der Waals surface area contributed by atoms with Gasteiger partial charge in [-0.1, -0.05) is 55.3 Å². The van der Waals surface area contributed by atoms with Gasteiger partial charge in [-0.25, -0.2) is 14.8 Å². The van der Waals surface area contributed by atoms with Crippen LogP contribution >= 0.6 is 12.8 Å². The second kappa shape index (κ2) is 8.05. The van der Waals surface area contributed by atoms with Gasteiger partial charge in [-0.3, -0.25) is 14.4 Å². The van der Waals surface area contributed by atoms with Crippen molar-refractivity contribution in [3.05, 3.63) is 76.0 Å². The van der Waals surface area contributed by atoms with Crippen LogP contribution in [0.25, 0.3) is 22.6 Å². The van der Waals surface area contributed by atoms with Crippen molar-refractivity contribution in [1.29, 1.82) is 0 Å². The van der Waals surface area contributed by atoms with Crippen LogP contribution in [0, 0.1) is 17.0 Å². The van der Waals surface area contributed by atoms with Crippen LogP contribution in [0.2, 0.25) is 0 Å². The van der Waals surface area contributed by atoms with E-state index in [0.29, 0.717) is 28.3 Å². The number of nitrogens with zero attached hydrogens (tertiary/aromatic N) is 4. The number of carbonyl (C=O) groups excluding carboxylic acids is 1. The van der Waals surface area contributed by atoms with Crippen LogP contribution in [0.5, 0.6) is 0 Å². The Hall–Kier alpha value is -3.46. The van der Waals surface area contributed by atoms with Crippen molar-refractivity contribution in [2.45, 2.75) is 13.5 Å². The molecule has 8 nitrogen and oxygen atoms in total. The van der Waals surface area contributed by atoms with Crippen LogP contribution in [0.1, 0.15) is 11.3 Å². The molecule has 2 N–H and O–H groups in total. The first-order chi connectivity index (χ1) is 13.4. The number of rotatable bonds is 5. The highest BCUT2D eigenvalue weighted by molar-refractivity contribution is 7.78. The van der Waals surface area contributed by atoms with Gasteiger partial charge in [0.2, 0.25) is 0 Å². The van der Waals surface area contributed by atoms with Crippen molar-refractivity contribution >= 4 is 24.5 Å². The Morgan fingerprint density at radius 2 is 1.82 bits per heavy atom. The van der Waals surface area contributed by atoms with Gasteiger partial charge in [-0.2, -0.15) is 0 Å². The lowest BCUT2D eigenvalue weighted by Gasteiger charge is -2.18. The fraction of sp³-hybridized carbons (Fsp3) is 0.105. The van der Waals surface area contributed by atoms with E-state index in [1.807, 2.05) is 30.3 Å². The molecule has 0 aliphatic rings. The number of amides is 2. The zero-order valence-electron chi connectivity index (χ0n) is 14.9. The van der Waals surface area contributed by atoms with E-state index in [1.165, 1.54) is 12.1 Å². The second-order valence-electron chi connectivity index (χ2n) is 6.03. The highest BCUT2D eigenvalue weighted by atomic mass is 32.1. The summed E-state index contributed by atoms with van der Waals surface area (Å²) in [5.41, 5.74) is 8.29. The van der Waals surface area contributed by atoms with Crippen LogP contribution in [0.4, 0.5) is 10.5 Å². The molecule has 3 rings (SSSR count). The zero-order valence-corrected chi connectivity index (χ0v) is 15.8. The molecule has 0 radical (unpaired) electrons. The fourth-order valence-electron chi connectivity index (χ4n) is 2.73. The summed E-state index contributed by atoms with van der Waals surface area (Å²) in [7, 11) is 0. The molecular weight excluding hydrogens is 378 g/mol. The minimum Gasteiger partial charge on any atom is -0.351 e. The number of hydrogen-bond donors (Lipinski definition) is 2. The topological polar surface area (TPSA) is 115 Å². The van der Waals surface area contributed by atoms with E-state index < -0.39 is 11.0 Å². The van der Waals surface area contributed by atoms with Crippen molar-refractivity contribution < 1.29 is 9.72 Å². The van der Waals surface area contributed by atoms with Crippen LogP contribution in [-0.4, -0.2) is 25.2 Å². The predicted octanol–water partition coefficient (Wildman–Crippen LogP) is 3.75. The monoisotopic (exact) mass is 395 g/mol. The van der Waals surface area contributed by atoms with E-state index in [0.717, 1.165) is 9.87 Å². The number of thiol groups is 1. The van der Waals surface area contributed by atoms with E-state index in [9.17, 15) is 14.9 Å². The average molecular weight is 395 g/mol. The van der Waals surface area contributed by atoms with Gasteiger partial charge >= 0.3 is 6.03 Å². The molecule has 0 aliphatic carbocycles. The van der Waals surface area contributed by atoms with Crippen molar-refractivity contribution in [1.82, 2.24) is 14.3 Å². The fourth-order valence-corrected chi connectivity index (χ4v) is 2.88. The Bertz CT molecular complexity index is 1040. The SMILES string of the molecule is Cc1nc(-c2ccccc2)nc(-c2cccc([N+](=O)[O-])c2)c1CN(S)C(N)=O. The molecule has 1 aromatic heterocycles. The summed E-state index contributed by atoms with van der Waals surface area (Å²) in [6.45, 7) is 1.84. The van der Waals surface area contributed by atoms with E-state index in [2.05, 4.69) is 22.8 Å². The zero-order chi connectivity index (χ0) is 20.3. The van der Waals surface area contributed by atoms with Gasteiger partial charge in [0.25, 0.3) is 5.69 Å². The van der Waals surface area contributed by atoms with Gasteiger partial charge in [0.1, 0.15) is 0 Å². The molecule has 0 aliphatic heterocycles. The van der Waals surface area contributed by atoms with Gasteiger partial charge in [0.05, 0.1) is 17.2 Å². The maximum Gasteiger partial charge on any atom is 0.324 e. The number of carbonyl (C=O) groups is 1. The van der Waals surface area contributed by atoms with Crippen molar-refractivity contribution in [2.75, 3.05) is 0 Å².